The Bertz CT molecular complexity index is 562. The summed E-state index contributed by atoms with van der Waals surface area (Å²) in [6.45, 7) is 0.788. The van der Waals surface area contributed by atoms with Gasteiger partial charge < -0.3 is 0 Å². The van der Waals surface area contributed by atoms with Crippen LogP contribution in [-0.4, -0.2) is 15.3 Å². The van der Waals surface area contributed by atoms with Gasteiger partial charge in [-0.05, 0) is 12.1 Å². The van der Waals surface area contributed by atoms with Crippen molar-refractivity contribution in [3.8, 4) is 0 Å². The lowest BCUT2D eigenvalue weighted by molar-refractivity contribution is 0.669. The molecule has 0 unspecified atom stereocenters. The van der Waals surface area contributed by atoms with Gasteiger partial charge in [-0.3, -0.25) is 9.36 Å². The number of hydrogen-bond donors (Lipinski definition) is 0. The predicted octanol–water partition coefficient (Wildman–Crippen LogP) is 1.50. The zero-order chi connectivity index (χ0) is 9.54. The van der Waals surface area contributed by atoms with E-state index in [-0.39, 0.29) is 5.56 Å². The summed E-state index contributed by atoms with van der Waals surface area (Å²) in [4.78, 5) is 16.4. The van der Waals surface area contributed by atoms with Gasteiger partial charge in [0.2, 0.25) is 0 Å². The highest BCUT2D eigenvalue weighted by Crippen LogP contribution is 2.22. The van der Waals surface area contributed by atoms with E-state index in [0.717, 1.165) is 28.4 Å². The third kappa shape index (κ3) is 1.00. The molecule has 2 aromatic rings. The molecule has 1 aliphatic heterocycles. The Hall–Kier alpha value is -1.29. The Labute approximate surface area is 84.8 Å². The van der Waals surface area contributed by atoms with Gasteiger partial charge in [-0.25, -0.2) is 4.98 Å². The van der Waals surface area contributed by atoms with Gasteiger partial charge in [0.05, 0.1) is 10.9 Å². The van der Waals surface area contributed by atoms with Crippen LogP contribution in [0.25, 0.3) is 10.9 Å². The largest absolute Gasteiger partial charge is 0.286 e. The second kappa shape index (κ2) is 2.85. The number of thioether (sulfide) groups is 1. The molecule has 0 atom stereocenters. The number of fused-ring (bicyclic) bond motifs is 2. The van der Waals surface area contributed by atoms with Crippen molar-refractivity contribution in [1.82, 2.24) is 9.55 Å². The van der Waals surface area contributed by atoms with Crippen molar-refractivity contribution in [2.24, 2.45) is 0 Å². The minimum absolute atomic E-state index is 0.0931. The van der Waals surface area contributed by atoms with Gasteiger partial charge in [-0.15, -0.1) is 0 Å². The molecule has 0 amide bonds. The maximum atomic E-state index is 11.9. The molecule has 0 N–H and O–H groups in total. The number of benzene rings is 1. The highest BCUT2D eigenvalue weighted by Gasteiger charge is 2.15. The molecule has 1 aliphatic rings. The lowest BCUT2D eigenvalue weighted by Gasteiger charge is -2.02. The summed E-state index contributed by atoms with van der Waals surface area (Å²) in [7, 11) is 0. The molecule has 0 aliphatic carbocycles. The Morgan fingerprint density at radius 2 is 2.21 bits per heavy atom. The summed E-state index contributed by atoms with van der Waals surface area (Å²) in [5.41, 5.74) is 0.897. The summed E-state index contributed by atoms with van der Waals surface area (Å²) in [5.74, 6) is 0.957. The van der Waals surface area contributed by atoms with Crippen LogP contribution in [0, 0.1) is 0 Å². The van der Waals surface area contributed by atoms with Gasteiger partial charge in [-0.2, -0.15) is 0 Å². The quantitative estimate of drug-likeness (QED) is 0.610. The monoisotopic (exact) mass is 204 g/mol. The fourth-order valence-corrected chi connectivity index (χ4v) is 2.63. The van der Waals surface area contributed by atoms with Gasteiger partial charge in [-0.1, -0.05) is 23.9 Å². The van der Waals surface area contributed by atoms with Crippen LogP contribution in [0.4, 0.5) is 0 Å². The standard InChI is InChI=1S/C10H8N2OS/c13-9-7-3-1-2-4-8(7)11-10-12(9)5-6-14-10/h1-4H,5-6H2. The van der Waals surface area contributed by atoms with Crippen LogP contribution in [0.15, 0.2) is 34.2 Å². The first-order chi connectivity index (χ1) is 6.86. The fraction of sp³-hybridized carbons (Fsp3) is 0.200. The second-order valence-electron chi connectivity index (χ2n) is 3.22. The number of nitrogens with zero attached hydrogens (tertiary/aromatic N) is 2. The Morgan fingerprint density at radius 1 is 1.36 bits per heavy atom. The third-order valence-corrected chi connectivity index (χ3v) is 3.33. The number of para-hydroxylation sites is 1. The van der Waals surface area contributed by atoms with E-state index in [9.17, 15) is 4.79 Å². The molecule has 0 saturated heterocycles. The van der Waals surface area contributed by atoms with E-state index >= 15 is 0 Å². The zero-order valence-corrected chi connectivity index (χ0v) is 8.25. The lowest BCUT2D eigenvalue weighted by atomic mass is 10.2. The Balaban J connectivity index is 2.50. The molecule has 0 bridgehead atoms. The Kier molecular flexibility index (Phi) is 1.64. The van der Waals surface area contributed by atoms with E-state index in [1.807, 2.05) is 24.3 Å². The van der Waals surface area contributed by atoms with Crippen molar-refractivity contribution in [2.45, 2.75) is 11.7 Å². The summed E-state index contributed by atoms with van der Waals surface area (Å²) in [6, 6.07) is 7.50. The maximum Gasteiger partial charge on any atom is 0.262 e. The van der Waals surface area contributed by atoms with Crippen molar-refractivity contribution in [3.05, 3.63) is 34.6 Å². The maximum absolute atomic E-state index is 11.9. The van der Waals surface area contributed by atoms with Crippen LogP contribution in [0.5, 0.6) is 0 Å². The molecule has 3 nitrogen and oxygen atoms in total. The summed E-state index contributed by atoms with van der Waals surface area (Å²) >= 11 is 1.65. The molecular formula is C10H8N2OS. The summed E-state index contributed by atoms with van der Waals surface area (Å²) < 4.78 is 1.76. The molecule has 3 rings (SSSR count). The van der Waals surface area contributed by atoms with Crippen LogP contribution in [0.3, 0.4) is 0 Å². The summed E-state index contributed by atoms with van der Waals surface area (Å²) in [5, 5.41) is 1.58. The van der Waals surface area contributed by atoms with Gasteiger partial charge in [0.15, 0.2) is 5.16 Å². The fourth-order valence-electron chi connectivity index (χ4n) is 1.68. The van der Waals surface area contributed by atoms with E-state index in [1.165, 1.54) is 0 Å². The lowest BCUT2D eigenvalue weighted by Crippen LogP contribution is -2.20. The molecule has 0 saturated carbocycles. The van der Waals surface area contributed by atoms with Crippen LogP contribution in [0.1, 0.15) is 0 Å². The molecule has 0 spiro atoms. The van der Waals surface area contributed by atoms with E-state index < -0.39 is 0 Å². The highest BCUT2D eigenvalue weighted by atomic mass is 32.2. The minimum Gasteiger partial charge on any atom is -0.286 e. The van der Waals surface area contributed by atoms with Crippen LogP contribution in [0.2, 0.25) is 0 Å². The first-order valence-corrected chi connectivity index (χ1v) is 5.47. The normalized spacial score (nSPS) is 14.6. The first kappa shape index (κ1) is 8.05. The molecule has 1 aromatic carbocycles. The molecule has 4 heteroatoms. The van der Waals surface area contributed by atoms with Gasteiger partial charge in [0, 0.05) is 12.3 Å². The second-order valence-corrected chi connectivity index (χ2v) is 4.28. The van der Waals surface area contributed by atoms with Crippen molar-refractivity contribution < 1.29 is 0 Å². The van der Waals surface area contributed by atoms with Crippen molar-refractivity contribution in [3.63, 3.8) is 0 Å². The van der Waals surface area contributed by atoms with Crippen molar-refractivity contribution in [2.75, 3.05) is 5.75 Å². The summed E-state index contributed by atoms with van der Waals surface area (Å²) in [6.07, 6.45) is 0. The van der Waals surface area contributed by atoms with E-state index in [0.29, 0.717) is 0 Å². The van der Waals surface area contributed by atoms with Gasteiger partial charge in [0.1, 0.15) is 0 Å². The molecule has 1 aromatic heterocycles. The topological polar surface area (TPSA) is 34.9 Å². The minimum atomic E-state index is 0.0931. The average Bonchev–Trinajstić information content (AvgIpc) is 2.66. The van der Waals surface area contributed by atoms with Crippen LogP contribution < -0.4 is 5.56 Å². The zero-order valence-electron chi connectivity index (χ0n) is 7.43. The van der Waals surface area contributed by atoms with E-state index in [4.69, 9.17) is 0 Å². The Morgan fingerprint density at radius 3 is 3.14 bits per heavy atom. The van der Waals surface area contributed by atoms with E-state index in [2.05, 4.69) is 4.98 Å². The predicted molar refractivity (Wildman–Crippen MR) is 56.7 cm³/mol. The smallest absolute Gasteiger partial charge is 0.262 e. The van der Waals surface area contributed by atoms with Crippen molar-refractivity contribution in [1.29, 1.82) is 0 Å². The molecule has 0 fully saturated rings. The SMILES string of the molecule is O=c1c2ccccc2nc2n1CCS2. The molecule has 70 valence electrons. The third-order valence-electron chi connectivity index (χ3n) is 2.37. The van der Waals surface area contributed by atoms with Gasteiger partial charge >= 0.3 is 0 Å². The van der Waals surface area contributed by atoms with Crippen LogP contribution in [-0.2, 0) is 6.54 Å². The molecular weight excluding hydrogens is 196 g/mol. The van der Waals surface area contributed by atoms with Crippen LogP contribution >= 0.6 is 11.8 Å². The highest BCUT2D eigenvalue weighted by molar-refractivity contribution is 7.99. The first-order valence-electron chi connectivity index (χ1n) is 4.48. The molecule has 0 radical (unpaired) electrons. The number of rotatable bonds is 0. The van der Waals surface area contributed by atoms with Gasteiger partial charge in [0.25, 0.3) is 5.56 Å². The molecule has 14 heavy (non-hydrogen) atoms. The van der Waals surface area contributed by atoms with E-state index in [1.54, 1.807) is 16.3 Å². The average molecular weight is 204 g/mol. The molecule has 2 heterocycles. The number of aromatic nitrogens is 2. The van der Waals surface area contributed by atoms with Crippen molar-refractivity contribution >= 4 is 22.7 Å². The number of hydrogen-bond acceptors (Lipinski definition) is 3.